The van der Waals surface area contributed by atoms with E-state index in [-0.39, 0.29) is 5.41 Å². The second-order valence-electron chi connectivity index (χ2n) is 19.7. The van der Waals surface area contributed by atoms with Crippen LogP contribution in [0.1, 0.15) is 49.9 Å². The van der Waals surface area contributed by atoms with Gasteiger partial charge in [0.1, 0.15) is 16.8 Å². The van der Waals surface area contributed by atoms with Crippen LogP contribution in [0.4, 0.5) is 0 Å². The number of hydrogen-bond acceptors (Lipinski definition) is 3. The SMILES string of the molecule is CC[Si](CC)(CC)OC1(c2ccc(-c3ccc(Br)cc3)cc2)C=CC(C)(c2ccc(-c3ccc(Br)cc3)cc2)C=C1.OC1(c2ccc(-c3ccc(Br)cc3)cc2)C=CC(O)(c2ccc(-c3ccc(Br)cc3)cc2)C=C1. The second-order valence-corrected chi connectivity index (χ2v) is 28.1. The lowest BCUT2D eigenvalue weighted by molar-refractivity contribution is 0.106. The van der Waals surface area contributed by atoms with Crippen molar-refractivity contribution in [3.63, 3.8) is 0 Å². The van der Waals surface area contributed by atoms with Gasteiger partial charge in [-0.1, -0.05) is 242 Å². The molecule has 10 rings (SSSR count). The van der Waals surface area contributed by atoms with E-state index in [2.05, 4.69) is 237 Å². The van der Waals surface area contributed by atoms with Crippen molar-refractivity contribution >= 4 is 72.0 Å². The Balaban J connectivity index is 0.000000187. The van der Waals surface area contributed by atoms with Crippen LogP contribution in [0.25, 0.3) is 44.5 Å². The zero-order valence-electron chi connectivity index (χ0n) is 42.5. The molecule has 8 heteroatoms. The summed E-state index contributed by atoms with van der Waals surface area (Å²) in [5, 5.41) is 22.5. The van der Waals surface area contributed by atoms with E-state index in [1.807, 2.05) is 72.8 Å². The molecule has 0 saturated heterocycles. The first kappa shape index (κ1) is 54.5. The first-order valence-electron chi connectivity index (χ1n) is 25.5. The molecule has 2 aliphatic carbocycles. The maximum Gasteiger partial charge on any atom is 0.194 e. The lowest BCUT2D eigenvalue weighted by Crippen LogP contribution is -2.45. The van der Waals surface area contributed by atoms with Crippen LogP contribution in [0.5, 0.6) is 0 Å². The summed E-state index contributed by atoms with van der Waals surface area (Å²) >= 11 is 14.0. The Morgan fingerprint density at radius 2 is 0.547 bits per heavy atom. The molecule has 8 aromatic carbocycles. The van der Waals surface area contributed by atoms with E-state index in [9.17, 15) is 10.2 Å². The van der Waals surface area contributed by atoms with Crippen molar-refractivity contribution in [2.45, 2.75) is 68.0 Å². The number of halogens is 4. The summed E-state index contributed by atoms with van der Waals surface area (Å²) in [4.78, 5) is 0. The van der Waals surface area contributed by atoms with Crippen molar-refractivity contribution in [2.24, 2.45) is 0 Å². The quantitative estimate of drug-likeness (QED) is 0.0893. The topological polar surface area (TPSA) is 49.7 Å². The van der Waals surface area contributed by atoms with Crippen LogP contribution < -0.4 is 0 Å². The van der Waals surface area contributed by atoms with Gasteiger partial charge in [-0.05, 0) is 177 Å². The minimum absolute atomic E-state index is 0.211. The molecule has 0 bridgehead atoms. The standard InChI is InChI=1S/C37H38Br2OSi.C30H22Br2O2/c1-5-41(6-2,7-3)40-37(33-18-10-29(11-19-33)31-14-22-35(39)23-15-31)26-24-36(4,25-27-37)32-16-8-28(9-17-32)30-12-20-34(38)21-13-30;31-27-13-5-23(6-14-27)21-1-9-25(10-2-21)29(33)17-19-30(34,20-18-29)26-11-3-22(4-12-26)24-7-15-28(32)16-8-24/h8-27H,5-7H2,1-4H3;1-20,33-34H. The molecular weight excluding hydrogens is 1200 g/mol. The Morgan fingerprint density at radius 3 is 0.800 bits per heavy atom. The zero-order chi connectivity index (χ0) is 52.9. The number of rotatable bonds is 13. The lowest BCUT2D eigenvalue weighted by atomic mass is 9.75. The molecule has 0 saturated carbocycles. The van der Waals surface area contributed by atoms with Gasteiger partial charge in [0.2, 0.25) is 0 Å². The summed E-state index contributed by atoms with van der Waals surface area (Å²) in [6.45, 7) is 9.20. The number of aliphatic hydroxyl groups is 2. The van der Waals surface area contributed by atoms with Crippen LogP contribution in [-0.4, -0.2) is 18.5 Å². The Labute approximate surface area is 478 Å². The molecule has 378 valence electrons. The Hall–Kier alpha value is -5.26. The average Bonchev–Trinajstić information content (AvgIpc) is 3.46. The lowest BCUT2D eigenvalue weighted by Gasteiger charge is -2.43. The maximum atomic E-state index is 11.2. The molecule has 3 nitrogen and oxygen atoms in total. The molecular formula is C67H60Br4O3Si. The van der Waals surface area contributed by atoms with Crippen LogP contribution >= 0.6 is 63.7 Å². The van der Waals surface area contributed by atoms with E-state index < -0.39 is 25.1 Å². The van der Waals surface area contributed by atoms with Gasteiger partial charge in [-0.15, -0.1) is 0 Å². The Kier molecular flexibility index (Phi) is 16.8. The van der Waals surface area contributed by atoms with Crippen molar-refractivity contribution in [3.8, 4) is 44.5 Å². The zero-order valence-corrected chi connectivity index (χ0v) is 49.9. The summed E-state index contributed by atoms with van der Waals surface area (Å²) in [7, 11) is -1.93. The molecule has 2 N–H and O–H groups in total. The van der Waals surface area contributed by atoms with Gasteiger partial charge in [-0.3, -0.25) is 0 Å². The van der Waals surface area contributed by atoms with Gasteiger partial charge in [0.15, 0.2) is 8.32 Å². The fourth-order valence-electron chi connectivity index (χ4n) is 9.92. The molecule has 0 unspecified atom stereocenters. The summed E-state index contributed by atoms with van der Waals surface area (Å²) in [5.74, 6) is 0. The van der Waals surface area contributed by atoms with Crippen LogP contribution in [0.3, 0.4) is 0 Å². The summed E-state index contributed by atoms with van der Waals surface area (Å²) in [6, 6.07) is 70.2. The molecule has 0 aliphatic heterocycles. The first-order chi connectivity index (χ1) is 36.1. The molecule has 75 heavy (non-hydrogen) atoms. The van der Waals surface area contributed by atoms with Crippen LogP contribution in [-0.2, 0) is 26.6 Å². The molecule has 0 heterocycles. The van der Waals surface area contributed by atoms with Gasteiger partial charge >= 0.3 is 0 Å². The van der Waals surface area contributed by atoms with E-state index in [1.165, 1.54) is 33.4 Å². The van der Waals surface area contributed by atoms with Crippen LogP contribution in [0.2, 0.25) is 18.1 Å². The number of benzene rings is 8. The molecule has 0 spiro atoms. The van der Waals surface area contributed by atoms with Gasteiger partial charge in [0, 0.05) is 23.3 Å². The fraction of sp³-hybridized carbons (Fsp3) is 0.164. The Bertz CT molecular complexity index is 3180. The Morgan fingerprint density at radius 1 is 0.320 bits per heavy atom. The highest BCUT2D eigenvalue weighted by atomic mass is 79.9. The molecule has 8 aromatic rings. The van der Waals surface area contributed by atoms with Crippen molar-refractivity contribution in [1.82, 2.24) is 0 Å². The molecule has 0 fully saturated rings. The van der Waals surface area contributed by atoms with Crippen LogP contribution in [0.15, 0.2) is 261 Å². The first-order valence-corrected chi connectivity index (χ1v) is 31.2. The van der Waals surface area contributed by atoms with Crippen molar-refractivity contribution in [2.75, 3.05) is 0 Å². The maximum absolute atomic E-state index is 11.2. The van der Waals surface area contributed by atoms with Gasteiger partial charge in [-0.25, -0.2) is 0 Å². The average molecular weight is 1260 g/mol. The van der Waals surface area contributed by atoms with Gasteiger partial charge in [0.05, 0.1) is 0 Å². The third-order valence-electron chi connectivity index (χ3n) is 15.1. The predicted molar refractivity (Wildman–Crippen MR) is 330 cm³/mol. The monoisotopic (exact) mass is 1260 g/mol. The van der Waals surface area contributed by atoms with Gasteiger partial charge < -0.3 is 14.6 Å². The molecule has 0 radical (unpaired) electrons. The smallest absolute Gasteiger partial charge is 0.194 e. The van der Waals surface area contributed by atoms with E-state index in [1.54, 1.807) is 24.3 Å². The molecule has 0 aromatic heterocycles. The predicted octanol–water partition coefficient (Wildman–Crippen LogP) is 19.6. The third-order valence-corrected chi connectivity index (χ3v) is 21.9. The van der Waals surface area contributed by atoms with E-state index >= 15 is 0 Å². The minimum Gasteiger partial charge on any atom is -0.401 e. The van der Waals surface area contributed by atoms with Crippen LogP contribution in [0, 0.1) is 0 Å². The van der Waals surface area contributed by atoms with Gasteiger partial charge in [0.25, 0.3) is 0 Å². The van der Waals surface area contributed by atoms with Crippen molar-refractivity contribution < 1.29 is 14.6 Å². The number of allylic oxidation sites excluding steroid dienone is 2. The third kappa shape index (κ3) is 12.3. The second kappa shape index (κ2) is 23.1. The van der Waals surface area contributed by atoms with Crippen molar-refractivity contribution in [3.05, 3.63) is 283 Å². The van der Waals surface area contributed by atoms with E-state index in [0.717, 1.165) is 69.4 Å². The highest BCUT2D eigenvalue weighted by molar-refractivity contribution is 9.11. The molecule has 0 amide bonds. The summed E-state index contributed by atoms with van der Waals surface area (Å²) in [5.41, 5.74) is 9.85. The van der Waals surface area contributed by atoms with E-state index in [0.29, 0.717) is 0 Å². The molecule has 0 atom stereocenters. The normalized spacial score (nSPS) is 20.9. The molecule has 2 aliphatic rings. The number of hydrogen-bond donors (Lipinski definition) is 2. The highest BCUT2D eigenvalue weighted by Gasteiger charge is 2.42. The van der Waals surface area contributed by atoms with Crippen molar-refractivity contribution in [1.29, 1.82) is 0 Å². The largest absolute Gasteiger partial charge is 0.401 e. The summed E-state index contributed by atoms with van der Waals surface area (Å²) < 4.78 is 11.6. The van der Waals surface area contributed by atoms with Gasteiger partial charge in [-0.2, -0.15) is 0 Å². The van der Waals surface area contributed by atoms with E-state index in [4.69, 9.17) is 4.43 Å². The minimum atomic E-state index is -1.93. The fourth-order valence-corrected chi connectivity index (χ4v) is 13.9. The highest BCUT2D eigenvalue weighted by Crippen LogP contribution is 2.44. The summed E-state index contributed by atoms with van der Waals surface area (Å²) in [6.07, 6.45) is 16.0.